The first kappa shape index (κ1) is 15.1. The zero-order valence-corrected chi connectivity index (χ0v) is 15.0. The summed E-state index contributed by atoms with van der Waals surface area (Å²) in [4.78, 5) is 4.52. The van der Waals surface area contributed by atoms with Crippen molar-refractivity contribution in [1.29, 1.82) is 0 Å². The molecule has 0 saturated carbocycles. The molecule has 120 valence electrons. The van der Waals surface area contributed by atoms with Crippen LogP contribution in [-0.2, 0) is 6.54 Å². The van der Waals surface area contributed by atoms with Crippen molar-refractivity contribution in [3.63, 3.8) is 0 Å². The van der Waals surface area contributed by atoms with Gasteiger partial charge in [-0.1, -0.05) is 39.3 Å². The highest BCUT2D eigenvalue weighted by molar-refractivity contribution is 9.10. The molecule has 2 heterocycles. The Morgan fingerprint density at radius 1 is 1.12 bits per heavy atom. The van der Waals surface area contributed by atoms with Crippen molar-refractivity contribution in [3.8, 4) is 11.1 Å². The first-order chi connectivity index (χ1) is 11.6. The molecule has 0 amide bonds. The van der Waals surface area contributed by atoms with Crippen molar-refractivity contribution in [2.75, 3.05) is 0 Å². The molecule has 2 aromatic heterocycles. The number of fused-ring (bicyclic) bond motifs is 1. The van der Waals surface area contributed by atoms with E-state index >= 15 is 0 Å². The quantitative estimate of drug-likeness (QED) is 0.494. The monoisotopic (exact) mass is 381 g/mol. The molecule has 0 aliphatic rings. The number of halogens is 1. The number of imidazole rings is 1. The van der Waals surface area contributed by atoms with Gasteiger partial charge in [-0.25, -0.2) is 4.98 Å². The third-order valence-corrected chi connectivity index (χ3v) is 4.68. The van der Waals surface area contributed by atoms with Gasteiger partial charge in [0.05, 0.1) is 23.1 Å². The Morgan fingerprint density at radius 3 is 2.75 bits per heavy atom. The SMILES string of the molecule is Cc1noc(C)c1-c1ccc2ncn(Cc3cccc(Br)c3)c2c1. The van der Waals surface area contributed by atoms with Crippen LogP contribution in [0.15, 0.2) is 57.8 Å². The van der Waals surface area contributed by atoms with Crippen LogP contribution in [0.4, 0.5) is 0 Å². The molecular weight excluding hydrogens is 366 g/mol. The fourth-order valence-electron chi connectivity index (χ4n) is 3.07. The van der Waals surface area contributed by atoms with E-state index in [-0.39, 0.29) is 0 Å². The fourth-order valence-corrected chi connectivity index (χ4v) is 3.51. The smallest absolute Gasteiger partial charge is 0.141 e. The fraction of sp³-hybridized carbons (Fsp3) is 0.158. The summed E-state index contributed by atoms with van der Waals surface area (Å²) >= 11 is 3.53. The predicted octanol–water partition coefficient (Wildman–Crippen LogP) is 5.12. The first-order valence-electron chi connectivity index (χ1n) is 7.74. The van der Waals surface area contributed by atoms with E-state index in [1.807, 2.05) is 38.4 Å². The minimum absolute atomic E-state index is 0.779. The van der Waals surface area contributed by atoms with E-state index in [1.54, 1.807) is 0 Å². The predicted molar refractivity (Wildman–Crippen MR) is 97.9 cm³/mol. The molecule has 0 unspecified atom stereocenters. The maximum Gasteiger partial charge on any atom is 0.141 e. The number of aromatic nitrogens is 3. The Hall–Kier alpha value is -2.40. The van der Waals surface area contributed by atoms with Gasteiger partial charge in [-0.3, -0.25) is 0 Å². The molecule has 0 saturated heterocycles. The summed E-state index contributed by atoms with van der Waals surface area (Å²) in [6.45, 7) is 4.69. The van der Waals surface area contributed by atoms with Gasteiger partial charge in [-0.05, 0) is 49.2 Å². The van der Waals surface area contributed by atoms with E-state index in [1.165, 1.54) is 5.56 Å². The highest BCUT2D eigenvalue weighted by Gasteiger charge is 2.13. The number of rotatable bonds is 3. The lowest BCUT2D eigenvalue weighted by Gasteiger charge is -2.07. The molecule has 0 aliphatic heterocycles. The number of aryl methyl sites for hydroxylation is 2. The Kier molecular flexibility index (Phi) is 3.73. The molecule has 0 radical (unpaired) electrons. The second kappa shape index (κ2) is 5.91. The second-order valence-electron chi connectivity index (χ2n) is 5.91. The van der Waals surface area contributed by atoms with Gasteiger partial charge in [-0.2, -0.15) is 0 Å². The minimum Gasteiger partial charge on any atom is -0.361 e. The van der Waals surface area contributed by atoms with Crippen LogP contribution in [0.1, 0.15) is 17.0 Å². The summed E-state index contributed by atoms with van der Waals surface area (Å²) in [5.74, 6) is 0.838. The molecule has 0 aliphatic carbocycles. The van der Waals surface area contributed by atoms with Crippen LogP contribution in [0.2, 0.25) is 0 Å². The van der Waals surface area contributed by atoms with Crippen LogP contribution in [0.3, 0.4) is 0 Å². The highest BCUT2D eigenvalue weighted by atomic mass is 79.9. The second-order valence-corrected chi connectivity index (χ2v) is 6.82. The molecule has 0 spiro atoms. The van der Waals surface area contributed by atoms with Crippen LogP contribution in [0, 0.1) is 13.8 Å². The summed E-state index contributed by atoms with van der Waals surface area (Å²) in [6.07, 6.45) is 1.89. The molecule has 0 N–H and O–H groups in total. The average Bonchev–Trinajstić information content (AvgIpc) is 3.11. The summed E-state index contributed by atoms with van der Waals surface area (Å²) in [5.41, 5.74) is 6.39. The van der Waals surface area contributed by atoms with E-state index in [2.05, 4.69) is 54.9 Å². The first-order valence-corrected chi connectivity index (χ1v) is 8.54. The molecule has 24 heavy (non-hydrogen) atoms. The Bertz CT molecular complexity index is 1010. The van der Waals surface area contributed by atoms with Crippen LogP contribution in [0.25, 0.3) is 22.2 Å². The lowest BCUT2D eigenvalue weighted by Crippen LogP contribution is -1.98. The van der Waals surface area contributed by atoms with Gasteiger partial charge in [-0.15, -0.1) is 0 Å². The molecule has 0 fully saturated rings. The van der Waals surface area contributed by atoms with Gasteiger partial charge in [0.25, 0.3) is 0 Å². The van der Waals surface area contributed by atoms with E-state index in [0.29, 0.717) is 0 Å². The Labute approximate surface area is 148 Å². The van der Waals surface area contributed by atoms with Gasteiger partial charge in [0.15, 0.2) is 0 Å². The third kappa shape index (κ3) is 2.65. The van der Waals surface area contributed by atoms with Gasteiger partial charge in [0.1, 0.15) is 5.76 Å². The largest absolute Gasteiger partial charge is 0.361 e. The van der Waals surface area contributed by atoms with Crippen molar-refractivity contribution < 1.29 is 4.52 Å². The standard InChI is InChI=1S/C19H16BrN3O/c1-12-19(13(2)24-22-12)15-6-7-17-18(9-15)23(11-21-17)10-14-4-3-5-16(20)8-14/h3-9,11H,10H2,1-2H3. The molecular formula is C19H16BrN3O. The van der Waals surface area contributed by atoms with Crippen LogP contribution in [0.5, 0.6) is 0 Å². The zero-order valence-electron chi connectivity index (χ0n) is 13.5. The summed E-state index contributed by atoms with van der Waals surface area (Å²) in [5, 5.41) is 4.06. The number of hydrogen-bond acceptors (Lipinski definition) is 3. The average molecular weight is 382 g/mol. The number of benzene rings is 2. The van der Waals surface area contributed by atoms with Crippen LogP contribution >= 0.6 is 15.9 Å². The van der Waals surface area contributed by atoms with E-state index in [9.17, 15) is 0 Å². The number of nitrogens with zero attached hydrogens (tertiary/aromatic N) is 3. The summed E-state index contributed by atoms with van der Waals surface area (Å²) < 4.78 is 8.55. The lowest BCUT2D eigenvalue weighted by molar-refractivity contribution is 0.393. The van der Waals surface area contributed by atoms with Gasteiger partial charge >= 0.3 is 0 Å². The minimum atomic E-state index is 0.779. The Balaban J connectivity index is 1.79. The van der Waals surface area contributed by atoms with E-state index in [0.717, 1.165) is 44.6 Å². The van der Waals surface area contributed by atoms with Gasteiger partial charge in [0.2, 0.25) is 0 Å². The maximum absolute atomic E-state index is 5.30. The van der Waals surface area contributed by atoms with Crippen molar-refractivity contribution >= 4 is 27.0 Å². The van der Waals surface area contributed by atoms with Crippen LogP contribution in [-0.4, -0.2) is 14.7 Å². The lowest BCUT2D eigenvalue weighted by atomic mass is 10.0. The highest BCUT2D eigenvalue weighted by Crippen LogP contribution is 2.29. The Morgan fingerprint density at radius 2 is 2.00 bits per heavy atom. The van der Waals surface area contributed by atoms with Crippen molar-refractivity contribution in [2.45, 2.75) is 20.4 Å². The summed E-state index contributed by atoms with van der Waals surface area (Å²) in [7, 11) is 0. The normalized spacial score (nSPS) is 11.3. The molecule has 4 rings (SSSR count). The van der Waals surface area contributed by atoms with Crippen molar-refractivity contribution in [3.05, 3.63) is 70.3 Å². The van der Waals surface area contributed by atoms with Crippen LogP contribution < -0.4 is 0 Å². The number of hydrogen-bond donors (Lipinski definition) is 0. The van der Waals surface area contributed by atoms with Crippen molar-refractivity contribution in [2.24, 2.45) is 0 Å². The van der Waals surface area contributed by atoms with Gasteiger partial charge in [0, 0.05) is 16.6 Å². The molecule has 4 aromatic rings. The van der Waals surface area contributed by atoms with Gasteiger partial charge < -0.3 is 9.09 Å². The molecule has 2 aromatic carbocycles. The molecule has 5 heteroatoms. The third-order valence-electron chi connectivity index (χ3n) is 4.19. The summed E-state index contributed by atoms with van der Waals surface area (Å²) in [6, 6.07) is 14.6. The maximum atomic E-state index is 5.30. The van der Waals surface area contributed by atoms with Crippen molar-refractivity contribution in [1.82, 2.24) is 14.7 Å². The van der Waals surface area contributed by atoms with E-state index in [4.69, 9.17) is 4.52 Å². The zero-order chi connectivity index (χ0) is 16.7. The topological polar surface area (TPSA) is 43.9 Å². The molecule has 0 atom stereocenters. The molecule has 0 bridgehead atoms. The molecule has 4 nitrogen and oxygen atoms in total. The van der Waals surface area contributed by atoms with E-state index < -0.39 is 0 Å².